The fraction of sp³-hybridized carbons (Fsp3) is 0.353. The van der Waals surface area contributed by atoms with E-state index in [1.54, 1.807) is 18.2 Å². The highest BCUT2D eigenvalue weighted by Gasteiger charge is 2.01. The first-order valence-corrected chi connectivity index (χ1v) is 7.25. The molecular weight excluding hydrogens is 267 g/mol. The van der Waals surface area contributed by atoms with Crippen LogP contribution in [0.4, 0.5) is 4.39 Å². The lowest BCUT2D eigenvalue weighted by Crippen LogP contribution is -2.14. The van der Waals surface area contributed by atoms with Crippen LogP contribution in [0.25, 0.3) is 0 Å². The molecule has 112 valence electrons. The van der Waals surface area contributed by atoms with Crippen molar-refractivity contribution in [2.45, 2.75) is 33.1 Å². The molecule has 2 rings (SSSR count). The molecule has 0 atom stereocenters. The van der Waals surface area contributed by atoms with E-state index in [0.29, 0.717) is 12.2 Å². The van der Waals surface area contributed by atoms with Crippen LogP contribution in [0, 0.1) is 5.82 Å². The van der Waals surface area contributed by atoms with Gasteiger partial charge in [0.1, 0.15) is 5.82 Å². The predicted molar refractivity (Wildman–Crippen MR) is 81.1 cm³/mol. The van der Waals surface area contributed by atoms with Crippen molar-refractivity contribution in [1.29, 1.82) is 0 Å². The zero-order chi connectivity index (χ0) is 14.9. The largest absolute Gasteiger partial charge is 0.370 e. The third kappa shape index (κ3) is 5.25. The van der Waals surface area contributed by atoms with E-state index in [2.05, 4.69) is 17.2 Å². The zero-order valence-corrected chi connectivity index (χ0v) is 12.3. The van der Waals surface area contributed by atoms with Crippen LogP contribution in [0.1, 0.15) is 30.2 Å². The lowest BCUT2D eigenvalue weighted by Gasteiger charge is -2.06. The van der Waals surface area contributed by atoms with Gasteiger partial charge < -0.3 is 10.1 Å². The van der Waals surface area contributed by atoms with Crippen LogP contribution in [-0.4, -0.2) is 11.5 Å². The van der Waals surface area contributed by atoms with Crippen LogP contribution >= 0.6 is 0 Å². The molecule has 1 aromatic carbocycles. The highest BCUT2D eigenvalue weighted by atomic mass is 19.1. The number of ether oxygens (including phenoxy) is 1. The Labute approximate surface area is 125 Å². The van der Waals surface area contributed by atoms with Gasteiger partial charge in [0.15, 0.2) is 0 Å². The topological polar surface area (TPSA) is 34.1 Å². The van der Waals surface area contributed by atoms with Gasteiger partial charge >= 0.3 is 0 Å². The molecule has 3 nitrogen and oxygen atoms in total. The lowest BCUT2D eigenvalue weighted by atomic mass is 10.2. The maximum Gasteiger partial charge on any atom is 0.128 e. The summed E-state index contributed by atoms with van der Waals surface area (Å²) in [5.41, 5.74) is 2.57. The van der Waals surface area contributed by atoms with Gasteiger partial charge in [-0.1, -0.05) is 31.2 Å². The zero-order valence-electron chi connectivity index (χ0n) is 12.3. The van der Waals surface area contributed by atoms with Crippen molar-refractivity contribution < 1.29 is 9.13 Å². The van der Waals surface area contributed by atoms with E-state index in [-0.39, 0.29) is 12.4 Å². The summed E-state index contributed by atoms with van der Waals surface area (Å²) >= 11 is 0. The minimum atomic E-state index is -0.234. The van der Waals surface area contributed by atoms with Crippen LogP contribution in [0.2, 0.25) is 0 Å². The van der Waals surface area contributed by atoms with Crippen molar-refractivity contribution in [3.63, 3.8) is 0 Å². The summed E-state index contributed by atoms with van der Waals surface area (Å²) in [4.78, 5) is 4.35. The number of hydrogen-bond acceptors (Lipinski definition) is 3. The standard InChI is InChI=1S/C17H21FN2O/c1-2-9-19-10-14-7-8-16(20-11-14)13-21-12-15-5-3-4-6-17(15)18/h3-8,11,19H,2,9-10,12-13H2,1H3. The van der Waals surface area contributed by atoms with Crippen molar-refractivity contribution >= 4 is 0 Å². The molecule has 1 N–H and O–H groups in total. The molecule has 0 spiro atoms. The first kappa shape index (κ1) is 15.6. The molecule has 0 fully saturated rings. The molecule has 1 aromatic heterocycles. The molecule has 0 saturated heterocycles. The average molecular weight is 288 g/mol. The van der Waals surface area contributed by atoms with Gasteiger partial charge in [0.25, 0.3) is 0 Å². The average Bonchev–Trinajstić information content (AvgIpc) is 2.51. The quantitative estimate of drug-likeness (QED) is 0.756. The van der Waals surface area contributed by atoms with Crippen molar-refractivity contribution in [2.75, 3.05) is 6.54 Å². The normalized spacial score (nSPS) is 10.8. The maximum absolute atomic E-state index is 13.4. The Hall–Kier alpha value is -1.78. The SMILES string of the molecule is CCCNCc1ccc(COCc2ccccc2F)nc1. The minimum Gasteiger partial charge on any atom is -0.370 e. The number of halogens is 1. The second-order valence-corrected chi connectivity index (χ2v) is 4.92. The summed E-state index contributed by atoms with van der Waals surface area (Å²) < 4.78 is 18.9. The summed E-state index contributed by atoms with van der Waals surface area (Å²) in [6.07, 6.45) is 2.97. The molecule has 0 amide bonds. The van der Waals surface area contributed by atoms with Gasteiger partial charge in [-0.25, -0.2) is 4.39 Å². The Morgan fingerprint density at radius 1 is 1.14 bits per heavy atom. The van der Waals surface area contributed by atoms with Gasteiger partial charge in [-0.15, -0.1) is 0 Å². The minimum absolute atomic E-state index is 0.234. The Bertz CT molecular complexity index is 543. The molecule has 0 unspecified atom stereocenters. The van der Waals surface area contributed by atoms with E-state index in [1.807, 2.05) is 18.3 Å². The Balaban J connectivity index is 1.77. The number of aromatic nitrogens is 1. The third-order valence-electron chi connectivity index (χ3n) is 3.11. The van der Waals surface area contributed by atoms with Crippen molar-refractivity contribution in [1.82, 2.24) is 10.3 Å². The van der Waals surface area contributed by atoms with E-state index >= 15 is 0 Å². The van der Waals surface area contributed by atoms with Crippen LogP contribution in [-0.2, 0) is 24.5 Å². The van der Waals surface area contributed by atoms with Gasteiger partial charge in [0.2, 0.25) is 0 Å². The molecule has 0 aliphatic carbocycles. The van der Waals surface area contributed by atoms with Crippen LogP contribution in [0.3, 0.4) is 0 Å². The van der Waals surface area contributed by atoms with Crippen molar-refractivity contribution in [2.24, 2.45) is 0 Å². The van der Waals surface area contributed by atoms with Crippen LogP contribution in [0.15, 0.2) is 42.6 Å². The van der Waals surface area contributed by atoms with E-state index in [9.17, 15) is 4.39 Å². The lowest BCUT2D eigenvalue weighted by molar-refractivity contribution is 0.102. The van der Waals surface area contributed by atoms with Crippen LogP contribution in [0.5, 0.6) is 0 Å². The monoisotopic (exact) mass is 288 g/mol. The van der Waals surface area contributed by atoms with E-state index in [0.717, 1.165) is 30.8 Å². The van der Waals surface area contributed by atoms with Crippen LogP contribution < -0.4 is 5.32 Å². The second kappa shape index (κ2) is 8.49. The summed E-state index contributed by atoms with van der Waals surface area (Å²) in [5, 5.41) is 3.33. The fourth-order valence-corrected chi connectivity index (χ4v) is 1.94. The molecule has 0 saturated carbocycles. The van der Waals surface area contributed by atoms with Crippen molar-refractivity contribution in [3.8, 4) is 0 Å². The van der Waals surface area contributed by atoms with Crippen molar-refractivity contribution in [3.05, 3.63) is 65.2 Å². The van der Waals surface area contributed by atoms with Gasteiger partial charge in [-0.2, -0.15) is 0 Å². The van der Waals surface area contributed by atoms with Gasteiger partial charge in [-0.3, -0.25) is 4.98 Å². The van der Waals surface area contributed by atoms with E-state index < -0.39 is 0 Å². The first-order chi connectivity index (χ1) is 10.3. The van der Waals surface area contributed by atoms with E-state index in [1.165, 1.54) is 6.07 Å². The number of nitrogens with one attached hydrogen (secondary N) is 1. The third-order valence-corrected chi connectivity index (χ3v) is 3.11. The number of rotatable bonds is 8. The number of nitrogens with zero attached hydrogens (tertiary/aromatic N) is 1. The fourth-order valence-electron chi connectivity index (χ4n) is 1.94. The number of benzene rings is 1. The maximum atomic E-state index is 13.4. The number of pyridine rings is 1. The second-order valence-electron chi connectivity index (χ2n) is 4.92. The highest BCUT2D eigenvalue weighted by Crippen LogP contribution is 2.09. The molecule has 0 aliphatic rings. The molecule has 4 heteroatoms. The number of hydrogen-bond donors (Lipinski definition) is 1. The highest BCUT2D eigenvalue weighted by molar-refractivity contribution is 5.16. The smallest absolute Gasteiger partial charge is 0.128 e. The van der Waals surface area contributed by atoms with E-state index in [4.69, 9.17) is 4.74 Å². The molecular formula is C17H21FN2O. The van der Waals surface area contributed by atoms with Gasteiger partial charge in [-0.05, 0) is 30.7 Å². The Kier molecular flexibility index (Phi) is 6.31. The molecule has 21 heavy (non-hydrogen) atoms. The Morgan fingerprint density at radius 3 is 2.71 bits per heavy atom. The van der Waals surface area contributed by atoms with Gasteiger partial charge in [0, 0.05) is 18.3 Å². The Morgan fingerprint density at radius 2 is 2.00 bits per heavy atom. The first-order valence-electron chi connectivity index (χ1n) is 7.25. The molecule has 0 radical (unpaired) electrons. The summed E-state index contributed by atoms with van der Waals surface area (Å²) in [6.45, 7) is 4.62. The molecule has 0 aliphatic heterocycles. The molecule has 0 bridgehead atoms. The molecule has 1 heterocycles. The molecule has 2 aromatic rings. The predicted octanol–water partition coefficient (Wildman–Crippen LogP) is 3.44. The summed E-state index contributed by atoms with van der Waals surface area (Å²) in [5.74, 6) is -0.234. The summed E-state index contributed by atoms with van der Waals surface area (Å²) in [7, 11) is 0. The summed E-state index contributed by atoms with van der Waals surface area (Å²) in [6, 6.07) is 10.6. The van der Waals surface area contributed by atoms with Gasteiger partial charge in [0.05, 0.1) is 18.9 Å².